The molecular formula is C66H41BN4. The Morgan fingerprint density at radius 3 is 0.873 bits per heavy atom. The monoisotopic (exact) mass is 900 g/mol. The number of hydrogen-bond donors (Lipinski definition) is 0. The first-order chi connectivity index (χ1) is 35.3. The summed E-state index contributed by atoms with van der Waals surface area (Å²) in [5, 5.41) is 10.1. The molecule has 15 aromatic rings. The fourth-order valence-corrected chi connectivity index (χ4v) is 12.8. The molecule has 0 fully saturated rings. The van der Waals surface area contributed by atoms with Crippen LogP contribution in [-0.4, -0.2) is 25.0 Å². The number of para-hydroxylation sites is 6. The molecule has 0 radical (unpaired) electrons. The second-order valence-electron chi connectivity index (χ2n) is 19.2. The summed E-state index contributed by atoms with van der Waals surface area (Å²) in [6.45, 7) is 0.105. The molecule has 4 aromatic heterocycles. The second-order valence-corrected chi connectivity index (χ2v) is 19.2. The van der Waals surface area contributed by atoms with E-state index in [1.807, 2.05) is 0 Å². The summed E-state index contributed by atoms with van der Waals surface area (Å²) in [4.78, 5) is 0. The van der Waals surface area contributed by atoms with Gasteiger partial charge in [-0.2, -0.15) is 0 Å². The minimum atomic E-state index is 0.105. The Morgan fingerprint density at radius 2 is 0.521 bits per heavy atom. The van der Waals surface area contributed by atoms with Gasteiger partial charge in [0.15, 0.2) is 0 Å². The van der Waals surface area contributed by atoms with Gasteiger partial charge in [0.05, 0.1) is 44.1 Å². The van der Waals surface area contributed by atoms with Crippen molar-refractivity contribution in [2.24, 2.45) is 0 Å². The van der Waals surface area contributed by atoms with E-state index < -0.39 is 0 Å². The minimum Gasteiger partial charge on any atom is -0.309 e. The number of hydrogen-bond acceptors (Lipinski definition) is 0. The largest absolute Gasteiger partial charge is 0.309 e. The number of aromatic nitrogens is 4. The molecule has 0 aliphatic carbocycles. The molecule has 1 aliphatic heterocycles. The zero-order valence-electron chi connectivity index (χ0n) is 38.5. The third-order valence-corrected chi connectivity index (χ3v) is 15.6. The van der Waals surface area contributed by atoms with Crippen LogP contribution in [0, 0.1) is 0 Å². The van der Waals surface area contributed by atoms with Crippen LogP contribution in [0.4, 0.5) is 0 Å². The van der Waals surface area contributed by atoms with E-state index in [0.29, 0.717) is 0 Å². The Morgan fingerprint density at radius 1 is 0.225 bits per heavy atom. The van der Waals surface area contributed by atoms with E-state index >= 15 is 0 Å². The van der Waals surface area contributed by atoms with E-state index in [-0.39, 0.29) is 6.71 Å². The molecule has 11 aromatic carbocycles. The highest BCUT2D eigenvalue weighted by Gasteiger charge is 2.35. The number of fused-ring (bicyclic) bond motifs is 17. The fourth-order valence-electron chi connectivity index (χ4n) is 12.8. The quantitative estimate of drug-likeness (QED) is 0.153. The molecule has 0 saturated carbocycles. The van der Waals surface area contributed by atoms with E-state index in [1.165, 1.54) is 115 Å². The predicted octanol–water partition coefficient (Wildman–Crippen LogP) is 14.6. The number of rotatable bonds is 5. The van der Waals surface area contributed by atoms with E-state index in [2.05, 4.69) is 267 Å². The average Bonchev–Trinajstić information content (AvgIpc) is 4.23. The van der Waals surface area contributed by atoms with E-state index in [4.69, 9.17) is 0 Å². The van der Waals surface area contributed by atoms with Crippen LogP contribution in [0.25, 0.3) is 121 Å². The molecule has 16 rings (SSSR count). The van der Waals surface area contributed by atoms with Crippen LogP contribution in [-0.2, 0) is 0 Å². The van der Waals surface area contributed by atoms with Crippen molar-refractivity contribution in [3.63, 3.8) is 0 Å². The Hall–Kier alpha value is -9.32. The summed E-state index contributed by atoms with van der Waals surface area (Å²) in [6.07, 6.45) is 0. The minimum absolute atomic E-state index is 0.105. The molecule has 0 N–H and O–H groups in total. The summed E-state index contributed by atoms with van der Waals surface area (Å²) in [5.41, 5.74) is 20.8. The SMILES string of the molecule is c1ccc(B2c3ccc(-n4c5ccccc5c5c6c7ccccc7n(-c7ccccc7)c6ccc54)cc3-c3cc(-n4c5ccccc5c5c6c7ccccc7n(-c7ccccc7)c6ccc54)ccc32)cc1. The maximum absolute atomic E-state index is 2.50. The molecule has 5 heteroatoms. The van der Waals surface area contributed by atoms with Crippen LogP contribution in [0.5, 0.6) is 0 Å². The van der Waals surface area contributed by atoms with Crippen LogP contribution >= 0.6 is 0 Å². The summed E-state index contributed by atoms with van der Waals surface area (Å²) in [7, 11) is 0. The molecule has 0 spiro atoms. The smallest absolute Gasteiger partial charge is 0.242 e. The Bertz CT molecular complexity index is 4410. The Labute approximate surface area is 409 Å². The van der Waals surface area contributed by atoms with Gasteiger partial charge in [0.25, 0.3) is 0 Å². The lowest BCUT2D eigenvalue weighted by Gasteiger charge is -2.13. The van der Waals surface area contributed by atoms with Crippen LogP contribution in [0.1, 0.15) is 0 Å². The van der Waals surface area contributed by atoms with Crippen molar-refractivity contribution in [2.75, 3.05) is 0 Å². The Kier molecular flexibility index (Phi) is 7.94. The summed E-state index contributed by atoms with van der Waals surface area (Å²) < 4.78 is 9.85. The van der Waals surface area contributed by atoms with Crippen molar-refractivity contribution in [3.05, 3.63) is 249 Å². The average molecular weight is 901 g/mol. The molecule has 4 nitrogen and oxygen atoms in total. The molecule has 0 unspecified atom stereocenters. The Balaban J connectivity index is 0.940. The molecular weight excluding hydrogens is 860 g/mol. The van der Waals surface area contributed by atoms with Gasteiger partial charge in [-0.25, -0.2) is 0 Å². The van der Waals surface area contributed by atoms with Gasteiger partial charge in [-0.15, -0.1) is 0 Å². The molecule has 0 bridgehead atoms. The summed E-state index contributed by atoms with van der Waals surface area (Å²) >= 11 is 0. The van der Waals surface area contributed by atoms with E-state index in [1.54, 1.807) is 0 Å². The van der Waals surface area contributed by atoms with Crippen molar-refractivity contribution in [1.29, 1.82) is 0 Å². The molecule has 0 atom stereocenters. The number of nitrogens with zero attached hydrogens (tertiary/aromatic N) is 4. The predicted molar refractivity (Wildman–Crippen MR) is 300 cm³/mol. The van der Waals surface area contributed by atoms with Gasteiger partial charge in [-0.05, 0) is 108 Å². The highest BCUT2D eigenvalue weighted by atomic mass is 15.0. The maximum Gasteiger partial charge on any atom is 0.242 e. The van der Waals surface area contributed by atoms with Crippen molar-refractivity contribution in [1.82, 2.24) is 18.3 Å². The zero-order chi connectivity index (χ0) is 46.3. The third kappa shape index (κ3) is 5.29. The van der Waals surface area contributed by atoms with Crippen LogP contribution in [0.15, 0.2) is 249 Å². The van der Waals surface area contributed by atoms with Crippen LogP contribution < -0.4 is 16.4 Å². The van der Waals surface area contributed by atoms with Crippen molar-refractivity contribution in [2.45, 2.75) is 0 Å². The summed E-state index contributed by atoms with van der Waals surface area (Å²) in [5.74, 6) is 0. The molecule has 71 heavy (non-hydrogen) atoms. The highest BCUT2D eigenvalue weighted by molar-refractivity contribution is 6.99. The van der Waals surface area contributed by atoms with Crippen LogP contribution in [0.2, 0.25) is 0 Å². The first-order valence-electron chi connectivity index (χ1n) is 24.6. The van der Waals surface area contributed by atoms with Gasteiger partial charge in [0.1, 0.15) is 0 Å². The normalized spacial score (nSPS) is 12.5. The van der Waals surface area contributed by atoms with Gasteiger partial charge in [0.2, 0.25) is 6.71 Å². The van der Waals surface area contributed by atoms with E-state index in [0.717, 1.165) is 22.7 Å². The standard InChI is InChI=1S/C66H41BN4/c1-4-18-42(19-5-1)67-53-34-32-45(70-57-30-16-12-26-49(57)65-61(70)38-36-59-63(65)47-24-10-14-28-55(47)68(59)43-20-6-2-7-21-43)40-51(53)52-41-46(33-35-54(52)67)71-58-31-17-13-27-50(58)66-62(71)39-37-60-64(66)48-25-11-15-29-56(48)69(60)44-22-8-3-9-23-44/h1-41H. The molecule has 0 saturated heterocycles. The zero-order valence-corrected chi connectivity index (χ0v) is 38.5. The molecule has 328 valence electrons. The first-order valence-corrected chi connectivity index (χ1v) is 24.6. The van der Waals surface area contributed by atoms with Gasteiger partial charge in [-0.1, -0.05) is 168 Å². The lowest BCUT2D eigenvalue weighted by atomic mass is 9.39. The van der Waals surface area contributed by atoms with Gasteiger partial charge in [0, 0.05) is 65.8 Å². The second kappa shape index (κ2) is 14.6. The topological polar surface area (TPSA) is 19.7 Å². The van der Waals surface area contributed by atoms with Crippen molar-refractivity contribution >= 4 is 110 Å². The lowest BCUT2D eigenvalue weighted by molar-refractivity contribution is 1.17. The van der Waals surface area contributed by atoms with Gasteiger partial charge in [-0.3, -0.25) is 0 Å². The van der Waals surface area contributed by atoms with Crippen molar-refractivity contribution in [3.8, 4) is 33.9 Å². The van der Waals surface area contributed by atoms with Crippen LogP contribution in [0.3, 0.4) is 0 Å². The van der Waals surface area contributed by atoms with Gasteiger partial charge < -0.3 is 18.3 Å². The molecule has 0 amide bonds. The van der Waals surface area contributed by atoms with Crippen molar-refractivity contribution < 1.29 is 0 Å². The fraction of sp³-hybridized carbons (Fsp3) is 0. The maximum atomic E-state index is 2.50. The highest BCUT2D eigenvalue weighted by Crippen LogP contribution is 2.45. The first kappa shape index (κ1) is 38.6. The third-order valence-electron chi connectivity index (χ3n) is 15.6. The molecule has 1 aliphatic rings. The lowest BCUT2D eigenvalue weighted by Crippen LogP contribution is -2.48. The van der Waals surface area contributed by atoms with Gasteiger partial charge >= 0.3 is 0 Å². The molecule has 5 heterocycles. The summed E-state index contributed by atoms with van der Waals surface area (Å²) in [6, 6.07) is 92.1. The van der Waals surface area contributed by atoms with E-state index in [9.17, 15) is 0 Å². The number of benzene rings is 11.